The van der Waals surface area contributed by atoms with Crippen molar-refractivity contribution in [2.24, 2.45) is 5.92 Å². The Bertz CT molecular complexity index is 1320. The zero-order valence-electron chi connectivity index (χ0n) is 21.4. The van der Waals surface area contributed by atoms with Crippen molar-refractivity contribution in [1.29, 1.82) is 0 Å². The molecule has 0 spiro atoms. The van der Waals surface area contributed by atoms with Gasteiger partial charge >= 0.3 is 0 Å². The van der Waals surface area contributed by atoms with Crippen molar-refractivity contribution in [2.75, 3.05) is 39.8 Å². The van der Waals surface area contributed by atoms with Gasteiger partial charge in [0.2, 0.25) is 26.0 Å². The van der Waals surface area contributed by atoms with Gasteiger partial charge in [0, 0.05) is 32.7 Å². The molecule has 4 rings (SSSR count). The van der Waals surface area contributed by atoms with Crippen LogP contribution in [0, 0.1) is 12.8 Å². The minimum Gasteiger partial charge on any atom is -0.495 e. The summed E-state index contributed by atoms with van der Waals surface area (Å²) in [7, 11) is -5.81. The summed E-state index contributed by atoms with van der Waals surface area (Å²) in [5.41, 5.74) is 1.73. The van der Waals surface area contributed by atoms with Crippen LogP contribution < -0.4 is 10.1 Å². The molecular formula is C26H35N3O6S2. The Kier molecular flexibility index (Phi) is 8.57. The standard InChI is InChI=1S/C26H35N3O6S2/c1-20-7-12-24(35-2)25(18-20)37(33,34)29-17-5-6-22(19-29)26(30)27-14-13-21-8-10-23(11-9-21)36(31,32)28-15-3-4-16-28/h7-12,18,22H,3-6,13-17,19H2,1-2H3,(H,27,30). The van der Waals surface area contributed by atoms with E-state index < -0.39 is 26.0 Å². The second-order valence-corrected chi connectivity index (χ2v) is 13.5. The first-order valence-corrected chi connectivity index (χ1v) is 15.5. The van der Waals surface area contributed by atoms with Gasteiger partial charge in [0.25, 0.3) is 0 Å². The van der Waals surface area contributed by atoms with E-state index >= 15 is 0 Å². The van der Waals surface area contributed by atoms with E-state index in [1.54, 1.807) is 42.5 Å². The predicted octanol–water partition coefficient (Wildman–Crippen LogP) is 2.55. The molecule has 2 aliphatic rings. The molecule has 0 radical (unpaired) electrons. The normalized spacial score (nSPS) is 19.6. The number of piperidine rings is 1. The first kappa shape index (κ1) is 27.6. The molecule has 2 saturated heterocycles. The Morgan fingerprint density at radius 3 is 2.30 bits per heavy atom. The predicted molar refractivity (Wildman–Crippen MR) is 140 cm³/mol. The molecule has 1 N–H and O–H groups in total. The second kappa shape index (κ2) is 11.5. The highest BCUT2D eigenvalue weighted by Gasteiger charge is 2.35. The third kappa shape index (κ3) is 6.17. The molecule has 2 heterocycles. The number of benzene rings is 2. The first-order chi connectivity index (χ1) is 17.6. The molecule has 2 aliphatic heterocycles. The van der Waals surface area contributed by atoms with Crippen LogP contribution in [-0.4, -0.2) is 71.2 Å². The van der Waals surface area contributed by atoms with Crippen LogP contribution in [0.15, 0.2) is 52.3 Å². The minimum atomic E-state index is -3.80. The molecule has 2 aromatic rings. The van der Waals surface area contributed by atoms with E-state index in [1.165, 1.54) is 15.7 Å². The first-order valence-electron chi connectivity index (χ1n) is 12.6. The Labute approximate surface area is 219 Å². The molecule has 202 valence electrons. The molecule has 2 fully saturated rings. The van der Waals surface area contributed by atoms with Crippen molar-refractivity contribution in [1.82, 2.24) is 13.9 Å². The number of rotatable bonds is 9. The van der Waals surface area contributed by atoms with Gasteiger partial charge < -0.3 is 10.1 Å². The summed E-state index contributed by atoms with van der Waals surface area (Å²) >= 11 is 0. The van der Waals surface area contributed by atoms with E-state index in [0.29, 0.717) is 45.4 Å². The number of carbonyl (C=O) groups is 1. The van der Waals surface area contributed by atoms with Crippen LogP contribution in [0.25, 0.3) is 0 Å². The molecule has 11 heteroatoms. The van der Waals surface area contributed by atoms with Gasteiger partial charge in [-0.2, -0.15) is 8.61 Å². The van der Waals surface area contributed by atoms with E-state index in [2.05, 4.69) is 5.32 Å². The number of hydrogen-bond acceptors (Lipinski definition) is 6. The molecular weight excluding hydrogens is 514 g/mol. The molecule has 1 atom stereocenters. The van der Waals surface area contributed by atoms with Crippen LogP contribution in [0.1, 0.15) is 36.8 Å². The summed E-state index contributed by atoms with van der Waals surface area (Å²) in [4.78, 5) is 13.3. The minimum absolute atomic E-state index is 0.117. The maximum absolute atomic E-state index is 13.3. The number of ether oxygens (including phenoxy) is 1. The molecule has 37 heavy (non-hydrogen) atoms. The van der Waals surface area contributed by atoms with E-state index in [4.69, 9.17) is 4.74 Å². The largest absolute Gasteiger partial charge is 0.495 e. The summed E-state index contributed by atoms with van der Waals surface area (Å²) in [6.45, 7) is 3.81. The van der Waals surface area contributed by atoms with Crippen molar-refractivity contribution >= 4 is 26.0 Å². The van der Waals surface area contributed by atoms with Gasteiger partial charge in [-0.3, -0.25) is 4.79 Å². The van der Waals surface area contributed by atoms with E-state index in [1.807, 2.05) is 6.92 Å². The molecule has 0 aliphatic carbocycles. The summed E-state index contributed by atoms with van der Waals surface area (Å²) in [6, 6.07) is 11.8. The number of carbonyl (C=O) groups excluding carboxylic acids is 1. The lowest BCUT2D eigenvalue weighted by Gasteiger charge is -2.31. The Morgan fingerprint density at radius 1 is 0.946 bits per heavy atom. The smallest absolute Gasteiger partial charge is 0.246 e. The van der Waals surface area contributed by atoms with Gasteiger partial charge in [-0.1, -0.05) is 18.2 Å². The maximum atomic E-state index is 13.3. The second-order valence-electron chi connectivity index (χ2n) is 9.65. The molecule has 1 amide bonds. The molecule has 2 aromatic carbocycles. The van der Waals surface area contributed by atoms with Gasteiger partial charge in [-0.25, -0.2) is 16.8 Å². The van der Waals surface area contributed by atoms with Crippen molar-refractivity contribution in [3.05, 3.63) is 53.6 Å². The molecule has 0 aromatic heterocycles. The number of nitrogens with zero attached hydrogens (tertiary/aromatic N) is 2. The van der Waals surface area contributed by atoms with Crippen molar-refractivity contribution in [3.8, 4) is 5.75 Å². The lowest BCUT2D eigenvalue weighted by molar-refractivity contribution is -0.126. The topological polar surface area (TPSA) is 113 Å². The molecule has 0 saturated carbocycles. The fourth-order valence-electron chi connectivity index (χ4n) is 4.88. The zero-order valence-corrected chi connectivity index (χ0v) is 23.0. The molecule has 9 nitrogen and oxygen atoms in total. The number of methoxy groups -OCH3 is 1. The molecule has 0 bridgehead atoms. The number of hydrogen-bond donors (Lipinski definition) is 1. The van der Waals surface area contributed by atoms with Gasteiger partial charge in [-0.05, 0) is 74.4 Å². The van der Waals surface area contributed by atoms with Crippen molar-refractivity contribution in [2.45, 2.75) is 48.8 Å². The van der Waals surface area contributed by atoms with Crippen LogP contribution in [0.2, 0.25) is 0 Å². The van der Waals surface area contributed by atoms with Gasteiger partial charge in [0.15, 0.2) is 0 Å². The Hall–Kier alpha value is -2.47. The summed E-state index contributed by atoms with van der Waals surface area (Å²) < 4.78 is 60.2. The number of aryl methyl sites for hydroxylation is 1. The highest BCUT2D eigenvalue weighted by molar-refractivity contribution is 7.89. The lowest BCUT2D eigenvalue weighted by atomic mass is 9.99. The van der Waals surface area contributed by atoms with Crippen molar-refractivity contribution in [3.63, 3.8) is 0 Å². The third-order valence-corrected chi connectivity index (χ3v) is 10.8. The number of sulfonamides is 2. The summed E-state index contributed by atoms with van der Waals surface area (Å²) in [6.07, 6.45) is 3.54. The van der Waals surface area contributed by atoms with Crippen LogP contribution in [0.4, 0.5) is 0 Å². The highest BCUT2D eigenvalue weighted by atomic mass is 32.2. The zero-order chi connectivity index (χ0) is 26.6. The number of amides is 1. The lowest BCUT2D eigenvalue weighted by Crippen LogP contribution is -2.45. The molecule has 1 unspecified atom stereocenters. The average Bonchev–Trinajstić information content (AvgIpc) is 3.45. The Balaban J connectivity index is 1.33. The van der Waals surface area contributed by atoms with Crippen LogP contribution in [0.3, 0.4) is 0 Å². The fourth-order valence-corrected chi connectivity index (χ4v) is 8.16. The summed E-state index contributed by atoms with van der Waals surface area (Å²) in [5, 5.41) is 2.92. The van der Waals surface area contributed by atoms with Crippen LogP contribution in [0.5, 0.6) is 5.75 Å². The van der Waals surface area contributed by atoms with Gasteiger partial charge in [0.1, 0.15) is 10.6 Å². The average molecular weight is 550 g/mol. The Morgan fingerprint density at radius 2 is 1.62 bits per heavy atom. The SMILES string of the molecule is COc1ccc(C)cc1S(=O)(=O)N1CCCC(C(=O)NCCc2ccc(S(=O)(=O)N3CCCC3)cc2)C1. The maximum Gasteiger partial charge on any atom is 0.246 e. The summed E-state index contributed by atoms with van der Waals surface area (Å²) in [5.74, 6) is -0.326. The quantitative estimate of drug-likeness (QED) is 0.514. The fraction of sp³-hybridized carbons (Fsp3) is 0.500. The van der Waals surface area contributed by atoms with Crippen molar-refractivity contribution < 1.29 is 26.4 Å². The van der Waals surface area contributed by atoms with Crippen LogP contribution in [-0.2, 0) is 31.3 Å². The van der Waals surface area contributed by atoms with Gasteiger partial charge in [-0.15, -0.1) is 0 Å². The monoisotopic (exact) mass is 549 g/mol. The number of nitrogens with one attached hydrogen (secondary N) is 1. The van der Waals surface area contributed by atoms with E-state index in [-0.39, 0.29) is 28.0 Å². The van der Waals surface area contributed by atoms with E-state index in [0.717, 1.165) is 24.0 Å². The third-order valence-electron chi connectivity index (χ3n) is 7.03. The highest BCUT2D eigenvalue weighted by Crippen LogP contribution is 2.30. The van der Waals surface area contributed by atoms with E-state index in [9.17, 15) is 21.6 Å². The van der Waals surface area contributed by atoms with Crippen LogP contribution >= 0.6 is 0 Å². The van der Waals surface area contributed by atoms with Gasteiger partial charge in [0.05, 0.1) is 17.9 Å².